The third-order valence-corrected chi connectivity index (χ3v) is 8.55. The van der Waals surface area contributed by atoms with E-state index >= 15 is 4.39 Å². The number of aryl methyl sites for hydroxylation is 1. The highest BCUT2D eigenvalue weighted by atomic mass is 35.5. The number of carbonyl (C=O) groups is 2. The molecule has 2 aliphatic rings. The van der Waals surface area contributed by atoms with Crippen LogP contribution in [-0.2, 0) is 15.8 Å². The first-order valence-corrected chi connectivity index (χ1v) is 13.9. The molecule has 2 atom stereocenters. The van der Waals surface area contributed by atoms with Crippen LogP contribution in [-0.4, -0.2) is 40.0 Å². The van der Waals surface area contributed by atoms with Crippen LogP contribution in [0.25, 0.3) is 22.2 Å². The molecule has 1 saturated carbocycles. The minimum absolute atomic E-state index is 0.0115. The molecule has 4 N–H and O–H groups in total. The van der Waals surface area contributed by atoms with E-state index < -0.39 is 45.8 Å². The first-order chi connectivity index (χ1) is 20.3. The molecule has 43 heavy (non-hydrogen) atoms. The molecule has 12 heteroatoms. The second-order valence-corrected chi connectivity index (χ2v) is 11.8. The number of rotatable bonds is 7. The predicted molar refractivity (Wildman–Crippen MR) is 152 cm³/mol. The molecule has 1 aliphatic carbocycles. The lowest BCUT2D eigenvalue weighted by Crippen LogP contribution is -2.44. The number of halogens is 4. The van der Waals surface area contributed by atoms with E-state index in [1.54, 1.807) is 12.3 Å². The average Bonchev–Trinajstić information content (AvgIpc) is 3.77. The van der Waals surface area contributed by atoms with Crippen molar-refractivity contribution in [3.8, 4) is 17.0 Å². The SMILES string of the molecule is Cc1cnc2c(Cl)cc(C(=O)NC[C@](O)(c3cc4c(c(-c5ccc(F)c(F)c5F)n3)OC[C@]4(C)C(N)=O)C3CC3)cc2c1. The lowest BCUT2D eigenvalue weighted by molar-refractivity contribution is -0.123. The maximum Gasteiger partial charge on any atom is 0.251 e. The lowest BCUT2D eigenvalue weighted by Gasteiger charge is -2.30. The Morgan fingerprint density at radius 1 is 1.19 bits per heavy atom. The van der Waals surface area contributed by atoms with Crippen molar-refractivity contribution < 1.29 is 32.6 Å². The summed E-state index contributed by atoms with van der Waals surface area (Å²) in [5.41, 5.74) is 3.73. The monoisotopic (exact) mass is 610 g/mol. The maximum atomic E-state index is 15.0. The summed E-state index contributed by atoms with van der Waals surface area (Å²) in [7, 11) is 0. The van der Waals surface area contributed by atoms with Crippen molar-refractivity contribution >= 4 is 34.3 Å². The van der Waals surface area contributed by atoms with Crippen LogP contribution in [0.1, 0.15) is 46.9 Å². The van der Waals surface area contributed by atoms with E-state index in [9.17, 15) is 23.5 Å². The number of fused-ring (bicyclic) bond motifs is 2. The van der Waals surface area contributed by atoms with Crippen molar-refractivity contribution in [1.29, 1.82) is 0 Å². The van der Waals surface area contributed by atoms with Gasteiger partial charge in [-0.3, -0.25) is 14.6 Å². The summed E-state index contributed by atoms with van der Waals surface area (Å²) in [6, 6.07) is 8.15. The highest BCUT2D eigenvalue weighted by Gasteiger charge is 2.50. The van der Waals surface area contributed by atoms with Gasteiger partial charge in [-0.15, -0.1) is 0 Å². The van der Waals surface area contributed by atoms with Gasteiger partial charge in [0.2, 0.25) is 5.91 Å². The van der Waals surface area contributed by atoms with Crippen molar-refractivity contribution in [1.82, 2.24) is 15.3 Å². The fourth-order valence-corrected chi connectivity index (χ4v) is 5.74. The van der Waals surface area contributed by atoms with Crippen molar-refractivity contribution in [2.75, 3.05) is 13.2 Å². The van der Waals surface area contributed by atoms with Crippen LogP contribution in [0.4, 0.5) is 13.2 Å². The molecule has 0 spiro atoms. The Bertz CT molecular complexity index is 1850. The molecule has 2 amide bonds. The number of aromatic nitrogens is 2. The van der Waals surface area contributed by atoms with Gasteiger partial charge in [-0.2, -0.15) is 0 Å². The fraction of sp³-hybridized carbons (Fsp3) is 0.290. The van der Waals surface area contributed by atoms with E-state index in [-0.39, 0.29) is 52.4 Å². The van der Waals surface area contributed by atoms with Crippen molar-refractivity contribution in [2.24, 2.45) is 11.7 Å². The van der Waals surface area contributed by atoms with Gasteiger partial charge in [-0.1, -0.05) is 11.6 Å². The normalized spacial score (nSPS) is 19.0. The molecule has 1 aliphatic heterocycles. The van der Waals surface area contributed by atoms with Crippen LogP contribution in [0, 0.1) is 30.3 Å². The number of aliphatic hydroxyl groups is 1. The van der Waals surface area contributed by atoms with Gasteiger partial charge in [0.15, 0.2) is 17.5 Å². The number of pyridine rings is 2. The molecule has 0 saturated heterocycles. The summed E-state index contributed by atoms with van der Waals surface area (Å²) >= 11 is 6.39. The number of ether oxygens (including phenoxy) is 1. The van der Waals surface area contributed by atoms with Gasteiger partial charge in [0, 0.05) is 28.3 Å². The molecule has 0 bridgehead atoms. The summed E-state index contributed by atoms with van der Waals surface area (Å²) in [5.74, 6) is -6.28. The van der Waals surface area contributed by atoms with Crippen LogP contribution in [0.15, 0.2) is 42.6 Å². The van der Waals surface area contributed by atoms with Gasteiger partial charge in [0.05, 0.1) is 22.8 Å². The lowest BCUT2D eigenvalue weighted by atomic mass is 9.81. The second-order valence-electron chi connectivity index (χ2n) is 11.4. The Hall–Kier alpha value is -4.22. The van der Waals surface area contributed by atoms with E-state index in [0.717, 1.165) is 17.7 Å². The molecule has 1 fully saturated rings. The van der Waals surface area contributed by atoms with Crippen LogP contribution < -0.4 is 15.8 Å². The highest BCUT2D eigenvalue weighted by molar-refractivity contribution is 6.35. The van der Waals surface area contributed by atoms with Crippen molar-refractivity contribution in [2.45, 2.75) is 37.7 Å². The molecule has 0 radical (unpaired) electrons. The topological polar surface area (TPSA) is 127 Å². The molecule has 6 rings (SSSR count). The van der Waals surface area contributed by atoms with Gasteiger partial charge >= 0.3 is 0 Å². The number of nitrogens with one attached hydrogen (secondary N) is 1. The predicted octanol–water partition coefficient (Wildman–Crippen LogP) is 4.84. The standard InChI is InChI=1S/C31H26ClF3N4O4/c1-14-7-15-8-16(9-20(32)25(15)37-11-14)28(40)38-12-31(42,17-3-4-17)22-10-19-27(43-13-30(19,2)29(36)41)26(39-22)18-5-6-21(33)24(35)23(18)34/h5-11,17,42H,3-4,12-13H2,1-2H3,(H2,36,41)(H,38,40)/t30-,31+/m0/s1. The number of primary amides is 1. The van der Waals surface area contributed by atoms with Crippen LogP contribution in [0.3, 0.4) is 0 Å². The van der Waals surface area contributed by atoms with E-state index in [4.69, 9.17) is 22.1 Å². The highest BCUT2D eigenvalue weighted by Crippen LogP contribution is 2.50. The van der Waals surface area contributed by atoms with Crippen molar-refractivity contribution in [3.63, 3.8) is 0 Å². The first-order valence-electron chi connectivity index (χ1n) is 13.5. The van der Waals surface area contributed by atoms with E-state index in [1.807, 2.05) is 13.0 Å². The summed E-state index contributed by atoms with van der Waals surface area (Å²) in [5, 5.41) is 15.8. The molecule has 0 unspecified atom stereocenters. The second kappa shape index (κ2) is 10.2. The molecular formula is C31H26ClF3N4O4. The Labute approximate surface area is 249 Å². The van der Waals surface area contributed by atoms with E-state index in [2.05, 4.69) is 15.3 Å². The number of nitrogens with two attached hydrogens (primary N) is 1. The average molecular weight is 611 g/mol. The first kappa shape index (κ1) is 28.9. The maximum absolute atomic E-state index is 15.0. The zero-order valence-corrected chi connectivity index (χ0v) is 23.9. The summed E-state index contributed by atoms with van der Waals surface area (Å²) in [4.78, 5) is 34.6. The number of benzene rings is 2. The molecule has 2 aromatic heterocycles. The number of hydrogen-bond donors (Lipinski definition) is 3. The molecule has 2 aromatic carbocycles. The quantitative estimate of drug-likeness (QED) is 0.257. The van der Waals surface area contributed by atoms with Gasteiger partial charge in [-0.05, 0) is 74.6 Å². The summed E-state index contributed by atoms with van der Waals surface area (Å²) in [6.45, 7) is 2.87. The fourth-order valence-electron chi connectivity index (χ4n) is 5.47. The minimum Gasteiger partial charge on any atom is -0.489 e. The number of hydrogen-bond acceptors (Lipinski definition) is 6. The molecule has 8 nitrogen and oxygen atoms in total. The largest absolute Gasteiger partial charge is 0.489 e. The zero-order chi connectivity index (χ0) is 30.8. The number of carbonyl (C=O) groups excluding carboxylic acids is 2. The van der Waals surface area contributed by atoms with Gasteiger partial charge in [0.25, 0.3) is 5.91 Å². The Kier molecular flexibility index (Phi) is 6.85. The van der Waals surface area contributed by atoms with Crippen LogP contribution in [0.5, 0.6) is 5.75 Å². The van der Waals surface area contributed by atoms with Gasteiger partial charge in [0.1, 0.15) is 29.1 Å². The van der Waals surface area contributed by atoms with Crippen molar-refractivity contribution in [3.05, 3.63) is 87.5 Å². The smallest absolute Gasteiger partial charge is 0.251 e. The zero-order valence-electron chi connectivity index (χ0n) is 23.1. The van der Waals surface area contributed by atoms with E-state index in [0.29, 0.717) is 23.7 Å². The molecular weight excluding hydrogens is 585 g/mol. The molecule has 4 aromatic rings. The Morgan fingerprint density at radius 2 is 1.93 bits per heavy atom. The molecule has 3 heterocycles. The number of amides is 2. The van der Waals surface area contributed by atoms with Gasteiger partial charge in [-0.25, -0.2) is 18.2 Å². The van der Waals surface area contributed by atoms with Crippen LogP contribution in [0.2, 0.25) is 5.02 Å². The molecule has 222 valence electrons. The van der Waals surface area contributed by atoms with E-state index in [1.165, 1.54) is 19.1 Å². The Morgan fingerprint density at radius 3 is 2.63 bits per heavy atom. The van der Waals surface area contributed by atoms with Crippen LogP contribution >= 0.6 is 11.6 Å². The number of nitrogens with zero attached hydrogens (tertiary/aromatic N) is 2. The minimum atomic E-state index is -1.78. The summed E-state index contributed by atoms with van der Waals surface area (Å²) < 4.78 is 48.9. The Balaban J connectivity index is 1.42. The third kappa shape index (κ3) is 4.76. The van der Waals surface area contributed by atoms with Gasteiger partial charge < -0.3 is 20.9 Å². The third-order valence-electron chi connectivity index (χ3n) is 8.26. The summed E-state index contributed by atoms with van der Waals surface area (Å²) in [6.07, 6.45) is 2.86.